The molecule has 2 N–H and O–H groups in total. The van der Waals surface area contributed by atoms with E-state index in [-0.39, 0.29) is 0 Å². The van der Waals surface area contributed by atoms with Crippen LogP contribution in [0.4, 0.5) is 11.4 Å². The van der Waals surface area contributed by atoms with Crippen LogP contribution in [-0.4, -0.2) is 54.0 Å². The van der Waals surface area contributed by atoms with Crippen LogP contribution >= 0.6 is 0 Å². The Hall–Kier alpha value is -2.21. The molecule has 6 nitrogen and oxygen atoms in total. The first kappa shape index (κ1) is 16.6. The Labute approximate surface area is 143 Å². The predicted octanol–water partition coefficient (Wildman–Crippen LogP) is 2.21. The molecule has 0 spiro atoms. The first-order valence-corrected chi connectivity index (χ1v) is 8.45. The lowest BCUT2D eigenvalue weighted by Gasteiger charge is -2.39. The molecule has 2 aromatic rings. The van der Waals surface area contributed by atoms with Gasteiger partial charge in [-0.3, -0.25) is 9.58 Å². The van der Waals surface area contributed by atoms with Gasteiger partial charge < -0.3 is 15.4 Å². The molecule has 6 heteroatoms. The number of aryl methyl sites for hydroxylation is 1. The van der Waals surface area contributed by atoms with Gasteiger partial charge in [-0.05, 0) is 19.9 Å². The number of nitrogens with two attached hydrogens (primary N) is 1. The second kappa shape index (κ2) is 6.73. The summed E-state index contributed by atoms with van der Waals surface area (Å²) in [5.74, 6) is 0.726. The van der Waals surface area contributed by atoms with E-state index in [1.54, 1.807) is 7.11 Å². The van der Waals surface area contributed by atoms with E-state index in [1.165, 1.54) is 0 Å². The highest BCUT2D eigenvalue weighted by Crippen LogP contribution is 2.38. The van der Waals surface area contributed by atoms with E-state index in [9.17, 15) is 0 Å². The van der Waals surface area contributed by atoms with E-state index in [0.29, 0.717) is 11.7 Å². The van der Waals surface area contributed by atoms with E-state index in [4.69, 9.17) is 10.5 Å². The highest BCUT2D eigenvalue weighted by atomic mass is 16.5. The number of aromatic nitrogens is 2. The minimum Gasteiger partial charge on any atom is -0.495 e. The van der Waals surface area contributed by atoms with Gasteiger partial charge in [0.2, 0.25) is 0 Å². The van der Waals surface area contributed by atoms with Crippen molar-refractivity contribution in [2.45, 2.75) is 19.9 Å². The van der Waals surface area contributed by atoms with Crippen LogP contribution in [0.3, 0.4) is 0 Å². The normalized spacial score (nSPS) is 16.0. The molecule has 1 aliphatic rings. The van der Waals surface area contributed by atoms with E-state index in [0.717, 1.165) is 48.7 Å². The number of benzene rings is 1. The standard InChI is InChI=1S/C18H27N5O/c1-13(2)22-5-7-23(8-6-22)17-10-18(24-4)16(19)9-15(17)14-11-20-21(3)12-14/h9-13H,5-8,19H2,1-4H3. The molecule has 1 saturated heterocycles. The number of piperazine rings is 1. The Morgan fingerprint density at radius 3 is 2.42 bits per heavy atom. The van der Waals surface area contributed by atoms with Crippen LogP contribution in [0.2, 0.25) is 0 Å². The van der Waals surface area contributed by atoms with Gasteiger partial charge in [0.05, 0.1) is 19.0 Å². The molecule has 3 rings (SSSR count). The van der Waals surface area contributed by atoms with Gasteiger partial charge in [-0.25, -0.2) is 0 Å². The van der Waals surface area contributed by atoms with Crippen molar-refractivity contribution in [3.8, 4) is 16.9 Å². The van der Waals surface area contributed by atoms with Gasteiger partial charge in [0, 0.05) is 68.3 Å². The van der Waals surface area contributed by atoms with E-state index in [1.807, 2.05) is 30.2 Å². The first-order chi connectivity index (χ1) is 11.5. The van der Waals surface area contributed by atoms with Crippen molar-refractivity contribution < 1.29 is 4.74 Å². The molecule has 0 saturated carbocycles. The van der Waals surface area contributed by atoms with Gasteiger partial charge >= 0.3 is 0 Å². The molecule has 0 radical (unpaired) electrons. The van der Waals surface area contributed by atoms with E-state index < -0.39 is 0 Å². The van der Waals surface area contributed by atoms with E-state index >= 15 is 0 Å². The summed E-state index contributed by atoms with van der Waals surface area (Å²) in [6, 6.07) is 4.65. The summed E-state index contributed by atoms with van der Waals surface area (Å²) in [7, 11) is 3.59. The van der Waals surface area contributed by atoms with Crippen molar-refractivity contribution in [2.75, 3.05) is 43.9 Å². The molecule has 24 heavy (non-hydrogen) atoms. The summed E-state index contributed by atoms with van der Waals surface area (Å²) >= 11 is 0. The molecule has 0 atom stereocenters. The summed E-state index contributed by atoms with van der Waals surface area (Å²) < 4.78 is 7.26. The average molecular weight is 329 g/mol. The zero-order valence-electron chi connectivity index (χ0n) is 15.0. The molecule has 2 heterocycles. The predicted molar refractivity (Wildman–Crippen MR) is 98.5 cm³/mol. The smallest absolute Gasteiger partial charge is 0.143 e. The monoisotopic (exact) mass is 329 g/mol. The van der Waals surface area contributed by atoms with Crippen LogP contribution in [0.25, 0.3) is 11.1 Å². The van der Waals surface area contributed by atoms with Gasteiger partial charge in [-0.1, -0.05) is 0 Å². The summed E-state index contributed by atoms with van der Waals surface area (Å²) in [6.07, 6.45) is 3.91. The summed E-state index contributed by atoms with van der Waals surface area (Å²) in [6.45, 7) is 8.64. The number of nitrogen functional groups attached to an aromatic ring is 1. The molecule has 1 aliphatic heterocycles. The van der Waals surface area contributed by atoms with Gasteiger partial charge in [0.25, 0.3) is 0 Å². The van der Waals surface area contributed by atoms with Crippen LogP contribution in [-0.2, 0) is 7.05 Å². The highest BCUT2D eigenvalue weighted by Gasteiger charge is 2.23. The van der Waals surface area contributed by atoms with Crippen molar-refractivity contribution in [3.05, 3.63) is 24.5 Å². The van der Waals surface area contributed by atoms with Crippen LogP contribution < -0.4 is 15.4 Å². The lowest BCUT2D eigenvalue weighted by atomic mass is 10.0. The third-order valence-corrected chi connectivity index (χ3v) is 4.75. The zero-order valence-corrected chi connectivity index (χ0v) is 15.0. The second-order valence-electron chi connectivity index (χ2n) is 6.63. The Kier molecular flexibility index (Phi) is 4.66. The van der Waals surface area contributed by atoms with Crippen LogP contribution in [0.1, 0.15) is 13.8 Å². The van der Waals surface area contributed by atoms with Crippen molar-refractivity contribution in [1.29, 1.82) is 0 Å². The van der Waals surface area contributed by atoms with Gasteiger partial charge in [-0.15, -0.1) is 0 Å². The Balaban J connectivity index is 1.96. The number of hydrogen-bond acceptors (Lipinski definition) is 5. The largest absolute Gasteiger partial charge is 0.495 e. The van der Waals surface area contributed by atoms with Gasteiger partial charge in [-0.2, -0.15) is 5.10 Å². The Bertz CT molecular complexity index is 701. The molecule has 0 aliphatic carbocycles. The maximum Gasteiger partial charge on any atom is 0.143 e. The van der Waals surface area contributed by atoms with Crippen LogP contribution in [0.5, 0.6) is 5.75 Å². The minimum atomic E-state index is 0.589. The zero-order chi connectivity index (χ0) is 17.3. The molecule has 0 bridgehead atoms. The number of methoxy groups -OCH3 is 1. The fourth-order valence-electron chi connectivity index (χ4n) is 3.29. The van der Waals surface area contributed by atoms with Crippen LogP contribution in [0, 0.1) is 0 Å². The minimum absolute atomic E-state index is 0.589. The van der Waals surface area contributed by atoms with Crippen molar-refractivity contribution in [1.82, 2.24) is 14.7 Å². The fourth-order valence-corrected chi connectivity index (χ4v) is 3.29. The lowest BCUT2D eigenvalue weighted by Crippen LogP contribution is -2.49. The summed E-state index contributed by atoms with van der Waals surface area (Å²) in [4.78, 5) is 4.93. The van der Waals surface area contributed by atoms with Crippen molar-refractivity contribution in [3.63, 3.8) is 0 Å². The molecular weight excluding hydrogens is 302 g/mol. The topological polar surface area (TPSA) is 59.5 Å². The van der Waals surface area contributed by atoms with Gasteiger partial charge in [0.15, 0.2) is 0 Å². The average Bonchev–Trinajstić information content (AvgIpc) is 3.01. The van der Waals surface area contributed by atoms with Crippen molar-refractivity contribution in [2.24, 2.45) is 7.05 Å². The maximum absolute atomic E-state index is 6.16. The molecule has 1 fully saturated rings. The number of nitrogens with zero attached hydrogens (tertiary/aromatic N) is 4. The molecule has 1 aromatic carbocycles. The number of anilines is 2. The first-order valence-electron chi connectivity index (χ1n) is 8.45. The molecule has 130 valence electrons. The number of hydrogen-bond donors (Lipinski definition) is 1. The highest BCUT2D eigenvalue weighted by molar-refractivity contribution is 5.83. The molecule has 1 aromatic heterocycles. The Morgan fingerprint density at radius 2 is 1.88 bits per heavy atom. The van der Waals surface area contributed by atoms with E-state index in [2.05, 4.69) is 34.8 Å². The number of rotatable bonds is 4. The van der Waals surface area contributed by atoms with Crippen molar-refractivity contribution >= 4 is 11.4 Å². The maximum atomic E-state index is 6.16. The molecular formula is C18H27N5O. The molecule has 0 unspecified atom stereocenters. The lowest BCUT2D eigenvalue weighted by molar-refractivity contribution is 0.209. The Morgan fingerprint density at radius 1 is 1.17 bits per heavy atom. The SMILES string of the molecule is COc1cc(N2CCN(C(C)C)CC2)c(-c2cnn(C)c2)cc1N. The third kappa shape index (κ3) is 3.19. The number of ether oxygens (including phenoxy) is 1. The summed E-state index contributed by atoms with van der Waals surface area (Å²) in [5, 5.41) is 4.30. The second-order valence-corrected chi connectivity index (χ2v) is 6.63. The van der Waals surface area contributed by atoms with Crippen LogP contribution in [0.15, 0.2) is 24.5 Å². The third-order valence-electron chi connectivity index (χ3n) is 4.75. The molecule has 0 amide bonds. The summed E-state index contributed by atoms with van der Waals surface area (Å²) in [5.41, 5.74) is 10.2. The quantitative estimate of drug-likeness (QED) is 0.872. The fraction of sp³-hybridized carbons (Fsp3) is 0.500. The van der Waals surface area contributed by atoms with Gasteiger partial charge in [0.1, 0.15) is 5.75 Å².